The van der Waals surface area contributed by atoms with Crippen molar-refractivity contribution in [2.24, 2.45) is 0 Å². The van der Waals surface area contributed by atoms with Crippen LogP contribution in [0.5, 0.6) is 0 Å². The predicted octanol–water partition coefficient (Wildman–Crippen LogP) is 2.71. The normalized spacial score (nSPS) is 10.1. The van der Waals surface area contributed by atoms with Gasteiger partial charge in [0.25, 0.3) is 0 Å². The molecule has 0 unspecified atom stereocenters. The van der Waals surface area contributed by atoms with E-state index in [2.05, 4.69) is 15.3 Å². The molecule has 0 amide bonds. The first-order valence-electron chi connectivity index (χ1n) is 5.29. The lowest BCUT2D eigenvalue weighted by molar-refractivity contribution is 0.368. The van der Waals surface area contributed by atoms with Crippen LogP contribution in [0.3, 0.4) is 0 Å². The van der Waals surface area contributed by atoms with Gasteiger partial charge in [-0.05, 0) is 24.1 Å². The van der Waals surface area contributed by atoms with Crippen molar-refractivity contribution in [1.29, 1.82) is 5.26 Å². The molecule has 0 atom stereocenters. The van der Waals surface area contributed by atoms with Gasteiger partial charge in [0.15, 0.2) is 5.13 Å². The number of nitrogens with one attached hydrogen (secondary N) is 1. The fraction of sp³-hybridized carbons (Fsp3) is 0.182. The third-order valence-corrected chi connectivity index (χ3v) is 3.42. The number of nitriles is 1. The molecule has 0 aliphatic carbocycles. The number of aryl methyl sites for hydroxylation is 1. The Balaban J connectivity index is 2.14. The van der Waals surface area contributed by atoms with Crippen LogP contribution in [0.25, 0.3) is 0 Å². The number of pyridine rings is 1. The third-order valence-electron chi connectivity index (χ3n) is 2.35. The lowest BCUT2D eigenvalue weighted by atomic mass is 10.2. The van der Waals surface area contributed by atoms with Gasteiger partial charge in [-0.3, -0.25) is 0 Å². The highest BCUT2D eigenvalue weighted by Gasteiger charge is 2.05. The van der Waals surface area contributed by atoms with Gasteiger partial charge < -0.3 is 9.50 Å². The van der Waals surface area contributed by atoms with Gasteiger partial charge >= 0.3 is 0 Å². The number of aromatic nitrogens is 2. The Hall–Kier alpha value is -1.56. The van der Waals surface area contributed by atoms with Crippen molar-refractivity contribution in [3.63, 3.8) is 0 Å². The third kappa shape index (κ3) is 3.70. The molecule has 2 rings (SSSR count). The van der Waals surface area contributed by atoms with Gasteiger partial charge in [0.1, 0.15) is 16.8 Å². The molecular formula is C11H9BN4OS2. The Bertz CT molecular complexity index is 611. The molecule has 2 aromatic heterocycles. The average Bonchev–Trinajstić information content (AvgIpc) is 2.87. The molecular weight excluding hydrogens is 279 g/mol. The summed E-state index contributed by atoms with van der Waals surface area (Å²) >= 11 is 2.11. The van der Waals surface area contributed by atoms with Crippen LogP contribution in [-0.2, 0) is 10.8 Å². The maximum absolute atomic E-state index is 8.74. The summed E-state index contributed by atoms with van der Waals surface area (Å²) in [6.45, 7) is 2.36. The molecule has 19 heavy (non-hydrogen) atoms. The van der Waals surface area contributed by atoms with E-state index in [0.29, 0.717) is 22.4 Å². The summed E-state index contributed by atoms with van der Waals surface area (Å²) in [7, 11) is 5.23. The Morgan fingerprint density at radius 2 is 2.37 bits per heavy atom. The number of anilines is 2. The molecule has 2 heterocycles. The van der Waals surface area contributed by atoms with E-state index in [4.69, 9.17) is 16.6 Å². The Kier molecular flexibility index (Phi) is 4.79. The molecule has 0 aromatic carbocycles. The van der Waals surface area contributed by atoms with E-state index in [9.17, 15) is 0 Å². The Morgan fingerprint density at radius 1 is 1.53 bits per heavy atom. The van der Waals surface area contributed by atoms with Crippen LogP contribution in [0.1, 0.15) is 16.0 Å². The van der Waals surface area contributed by atoms with Gasteiger partial charge in [0.05, 0.1) is 12.8 Å². The summed E-state index contributed by atoms with van der Waals surface area (Å²) < 4.78 is 5.11. The van der Waals surface area contributed by atoms with Crippen LogP contribution in [0.4, 0.5) is 10.9 Å². The van der Waals surface area contributed by atoms with Gasteiger partial charge in [-0.15, -0.1) is 0 Å². The quantitative estimate of drug-likeness (QED) is 0.673. The first kappa shape index (κ1) is 13.9. The minimum Gasteiger partial charge on any atom is -0.324 e. The van der Waals surface area contributed by atoms with Crippen LogP contribution >= 0.6 is 23.2 Å². The van der Waals surface area contributed by atoms with Crippen LogP contribution < -0.4 is 5.32 Å². The number of nitrogens with zero attached hydrogens (tertiary/aromatic N) is 3. The number of hydrogen-bond acceptors (Lipinski definition) is 7. The van der Waals surface area contributed by atoms with Crippen molar-refractivity contribution >= 4 is 41.3 Å². The van der Waals surface area contributed by atoms with Crippen molar-refractivity contribution < 1.29 is 4.18 Å². The summed E-state index contributed by atoms with van der Waals surface area (Å²) in [5.41, 5.74) is 2.02. The zero-order chi connectivity index (χ0) is 13.7. The molecule has 94 valence electrons. The van der Waals surface area contributed by atoms with Gasteiger partial charge in [0, 0.05) is 6.20 Å². The van der Waals surface area contributed by atoms with E-state index < -0.39 is 0 Å². The highest BCUT2D eigenvalue weighted by atomic mass is 32.2. The second kappa shape index (κ2) is 6.56. The second-order valence-corrected chi connectivity index (χ2v) is 5.08. The largest absolute Gasteiger partial charge is 0.324 e. The van der Waals surface area contributed by atoms with E-state index in [0.717, 1.165) is 23.0 Å². The van der Waals surface area contributed by atoms with Crippen LogP contribution in [-0.4, -0.2) is 17.1 Å². The lowest BCUT2D eigenvalue weighted by Crippen LogP contribution is -1.97. The summed E-state index contributed by atoms with van der Waals surface area (Å²) in [4.78, 5) is 8.90. The van der Waals surface area contributed by atoms with Crippen molar-refractivity contribution in [3.05, 3.63) is 34.5 Å². The van der Waals surface area contributed by atoms with E-state index in [1.54, 1.807) is 6.20 Å². The summed E-state index contributed by atoms with van der Waals surface area (Å²) in [5.74, 6) is 0.657. The van der Waals surface area contributed by atoms with Crippen molar-refractivity contribution in [2.75, 3.05) is 5.32 Å². The van der Waals surface area contributed by atoms with Gasteiger partial charge in [-0.2, -0.15) is 5.26 Å². The molecule has 0 saturated heterocycles. The fourth-order valence-electron chi connectivity index (χ4n) is 1.38. The zero-order valence-electron chi connectivity index (χ0n) is 10.1. The molecule has 2 radical (unpaired) electrons. The minimum absolute atomic E-state index is 0.408. The van der Waals surface area contributed by atoms with Crippen LogP contribution in [0, 0.1) is 18.3 Å². The van der Waals surface area contributed by atoms with Crippen molar-refractivity contribution in [2.45, 2.75) is 13.5 Å². The second-order valence-electron chi connectivity index (χ2n) is 3.62. The molecule has 0 spiro atoms. The number of rotatable bonds is 5. The number of hydrogen-bond donors (Lipinski definition) is 1. The van der Waals surface area contributed by atoms with Gasteiger partial charge in [-0.25, -0.2) is 9.97 Å². The van der Waals surface area contributed by atoms with E-state index in [-0.39, 0.29) is 0 Å². The molecule has 0 bridgehead atoms. The van der Waals surface area contributed by atoms with Gasteiger partial charge in [0.2, 0.25) is 7.12 Å². The van der Waals surface area contributed by atoms with E-state index in [1.165, 1.54) is 17.5 Å². The Morgan fingerprint density at radius 3 is 3.05 bits per heavy atom. The van der Waals surface area contributed by atoms with Crippen molar-refractivity contribution in [3.8, 4) is 6.07 Å². The Labute approximate surface area is 120 Å². The molecule has 8 heteroatoms. The molecule has 1 N–H and O–H groups in total. The van der Waals surface area contributed by atoms with E-state index in [1.807, 2.05) is 19.1 Å². The zero-order valence-corrected chi connectivity index (χ0v) is 11.7. The maximum atomic E-state index is 8.74. The van der Waals surface area contributed by atoms with Crippen LogP contribution in [0.15, 0.2) is 18.5 Å². The lowest BCUT2D eigenvalue weighted by Gasteiger charge is -2.08. The summed E-state index contributed by atoms with van der Waals surface area (Å²) in [6.07, 6.45) is 3.28. The molecule has 0 saturated carbocycles. The summed E-state index contributed by atoms with van der Waals surface area (Å²) in [5, 5.41) is 12.4. The van der Waals surface area contributed by atoms with Crippen LogP contribution in [0.2, 0.25) is 0 Å². The maximum Gasteiger partial charge on any atom is 0.203 e. The standard InChI is InChI=1S/C11H9BN4OS2/c1-7-4-14-10(2-8(7)6-17-19-12)16-11-15-5-9(3-13)18-11/h2,4-5H,6H2,1H3,(H,14,15,16). The molecule has 0 aliphatic heterocycles. The topological polar surface area (TPSA) is 70.8 Å². The SMILES string of the molecule is [B]SOCc1cc(Nc2ncc(C#N)s2)ncc1C. The summed E-state index contributed by atoms with van der Waals surface area (Å²) in [6, 6.07) is 3.91. The minimum atomic E-state index is 0.408. The highest BCUT2D eigenvalue weighted by Crippen LogP contribution is 2.22. The molecule has 5 nitrogen and oxygen atoms in total. The first-order chi connectivity index (χ1) is 9.22. The highest BCUT2D eigenvalue weighted by molar-refractivity contribution is 8.15. The molecule has 0 fully saturated rings. The van der Waals surface area contributed by atoms with Gasteiger partial charge in [-0.1, -0.05) is 23.2 Å². The first-order valence-corrected chi connectivity index (χ1v) is 6.92. The smallest absolute Gasteiger partial charge is 0.203 e. The monoisotopic (exact) mass is 288 g/mol. The molecule has 2 aromatic rings. The average molecular weight is 288 g/mol. The predicted molar refractivity (Wildman–Crippen MR) is 77.2 cm³/mol. The fourth-order valence-corrected chi connectivity index (χ4v) is 2.20. The van der Waals surface area contributed by atoms with E-state index >= 15 is 0 Å². The van der Waals surface area contributed by atoms with Crippen molar-refractivity contribution in [1.82, 2.24) is 9.97 Å². The number of thiazole rings is 1. The molecule has 0 aliphatic rings.